The van der Waals surface area contributed by atoms with Gasteiger partial charge in [0, 0.05) is 26.2 Å². The van der Waals surface area contributed by atoms with Gasteiger partial charge in [0.1, 0.15) is 24.6 Å². The van der Waals surface area contributed by atoms with Crippen LogP contribution in [0.2, 0.25) is 0 Å². The third kappa shape index (κ3) is 6.53. The van der Waals surface area contributed by atoms with Crippen molar-refractivity contribution in [3.05, 3.63) is 29.8 Å². The number of β-amino-alcohol motifs (C(OH)–C–C–N with tert-alkyl or cyclic N) is 1. The fraction of sp³-hybridized carbons (Fsp3) is 0.714. The van der Waals surface area contributed by atoms with E-state index in [1.807, 2.05) is 18.2 Å². The Morgan fingerprint density at radius 1 is 1.04 bits per heavy atom. The van der Waals surface area contributed by atoms with Gasteiger partial charge in [-0.05, 0) is 56.5 Å². The topological polar surface area (TPSA) is 35.9 Å². The number of hydrogen-bond donors (Lipinski definition) is 1. The first-order chi connectivity index (χ1) is 12.7. The molecule has 1 unspecified atom stereocenters. The molecule has 1 N–H and O–H groups in total. The quantitative estimate of drug-likeness (QED) is 0.806. The second kappa shape index (κ2) is 10.2. The first-order valence-corrected chi connectivity index (χ1v) is 10.2. The summed E-state index contributed by atoms with van der Waals surface area (Å²) in [4.78, 5) is 4.65. The van der Waals surface area contributed by atoms with Gasteiger partial charge in [-0.15, -0.1) is 0 Å². The highest BCUT2D eigenvalue weighted by Gasteiger charge is 2.18. The smallest absolute Gasteiger partial charge is 0.119 e. The van der Waals surface area contributed by atoms with E-state index in [9.17, 15) is 9.50 Å². The zero-order valence-corrected chi connectivity index (χ0v) is 15.8. The summed E-state index contributed by atoms with van der Waals surface area (Å²) in [6.07, 6.45) is 5.26. The fourth-order valence-electron chi connectivity index (χ4n) is 3.91. The molecule has 2 aliphatic heterocycles. The number of piperidine rings is 1. The summed E-state index contributed by atoms with van der Waals surface area (Å²) in [6, 6.07) is 8.06. The number of nitrogens with zero attached hydrogens (tertiary/aromatic N) is 2. The SMILES string of the molecule is OC(COc1cccc(CN2CCC(F)CC2)c1)CN1CCCCCC1. The van der Waals surface area contributed by atoms with Crippen molar-refractivity contribution in [1.29, 1.82) is 0 Å². The molecular weight excluding hydrogens is 331 g/mol. The van der Waals surface area contributed by atoms with Crippen LogP contribution in [0.5, 0.6) is 5.75 Å². The Bertz CT molecular complexity index is 526. The molecule has 2 fully saturated rings. The van der Waals surface area contributed by atoms with Crippen molar-refractivity contribution in [3.8, 4) is 5.75 Å². The minimum absolute atomic E-state index is 0.327. The van der Waals surface area contributed by atoms with E-state index in [2.05, 4.69) is 15.9 Å². The second-order valence-corrected chi connectivity index (χ2v) is 7.78. The number of halogens is 1. The predicted octanol–water partition coefficient (Wildman–Crippen LogP) is 3.24. The number of benzene rings is 1. The summed E-state index contributed by atoms with van der Waals surface area (Å²) in [7, 11) is 0. The molecular formula is C21H33FN2O2. The number of aliphatic hydroxyl groups excluding tert-OH is 1. The van der Waals surface area contributed by atoms with Gasteiger partial charge in [0.25, 0.3) is 0 Å². The van der Waals surface area contributed by atoms with E-state index in [0.717, 1.165) is 38.5 Å². The minimum atomic E-state index is -0.633. The van der Waals surface area contributed by atoms with Gasteiger partial charge in [-0.25, -0.2) is 4.39 Å². The van der Waals surface area contributed by atoms with Gasteiger partial charge in [0.15, 0.2) is 0 Å². The summed E-state index contributed by atoms with van der Waals surface area (Å²) >= 11 is 0. The van der Waals surface area contributed by atoms with Crippen LogP contribution in [0, 0.1) is 0 Å². The van der Waals surface area contributed by atoms with Crippen LogP contribution in [-0.2, 0) is 6.54 Å². The van der Waals surface area contributed by atoms with Crippen molar-refractivity contribution >= 4 is 0 Å². The molecule has 2 saturated heterocycles. The van der Waals surface area contributed by atoms with E-state index in [4.69, 9.17) is 4.74 Å². The lowest BCUT2D eigenvalue weighted by Gasteiger charge is -2.28. The van der Waals surface area contributed by atoms with Crippen LogP contribution in [0.15, 0.2) is 24.3 Å². The number of rotatable bonds is 7. The van der Waals surface area contributed by atoms with Gasteiger partial charge in [-0.2, -0.15) is 0 Å². The highest BCUT2D eigenvalue weighted by Crippen LogP contribution is 2.19. The Balaban J connectivity index is 1.42. The third-order valence-corrected chi connectivity index (χ3v) is 5.43. The Hall–Kier alpha value is -1.17. The molecule has 3 rings (SSSR count). The summed E-state index contributed by atoms with van der Waals surface area (Å²) in [5, 5.41) is 10.3. The lowest BCUT2D eigenvalue weighted by atomic mass is 10.1. The molecule has 1 aromatic carbocycles. The maximum Gasteiger partial charge on any atom is 0.119 e. The average molecular weight is 365 g/mol. The van der Waals surface area contributed by atoms with E-state index >= 15 is 0 Å². The van der Waals surface area contributed by atoms with E-state index < -0.39 is 12.3 Å². The van der Waals surface area contributed by atoms with Crippen LogP contribution in [0.3, 0.4) is 0 Å². The standard InChI is InChI=1S/C21H33FN2O2/c22-19-8-12-24(13-9-19)15-18-6-5-7-21(14-18)26-17-20(25)16-23-10-3-1-2-4-11-23/h5-7,14,19-20,25H,1-4,8-13,15-17H2. The summed E-state index contributed by atoms with van der Waals surface area (Å²) in [5.74, 6) is 0.804. The van der Waals surface area contributed by atoms with E-state index in [0.29, 0.717) is 26.0 Å². The van der Waals surface area contributed by atoms with Gasteiger partial charge in [0.2, 0.25) is 0 Å². The first kappa shape index (κ1) is 19.6. The van der Waals surface area contributed by atoms with Crippen LogP contribution in [0.1, 0.15) is 44.1 Å². The monoisotopic (exact) mass is 364 g/mol. The number of aliphatic hydroxyl groups is 1. The Morgan fingerprint density at radius 3 is 2.50 bits per heavy atom. The first-order valence-electron chi connectivity index (χ1n) is 10.2. The highest BCUT2D eigenvalue weighted by molar-refractivity contribution is 5.28. The van der Waals surface area contributed by atoms with Gasteiger partial charge in [-0.3, -0.25) is 4.90 Å². The third-order valence-electron chi connectivity index (χ3n) is 5.43. The molecule has 1 atom stereocenters. The number of likely N-dealkylation sites (tertiary alicyclic amines) is 2. The Kier molecular flexibility index (Phi) is 7.71. The molecule has 0 radical (unpaired) electrons. The molecule has 0 amide bonds. The van der Waals surface area contributed by atoms with E-state index in [-0.39, 0.29) is 0 Å². The van der Waals surface area contributed by atoms with Gasteiger partial charge in [-0.1, -0.05) is 25.0 Å². The van der Waals surface area contributed by atoms with Crippen LogP contribution >= 0.6 is 0 Å². The largest absolute Gasteiger partial charge is 0.491 e. The van der Waals surface area contributed by atoms with Crippen LogP contribution in [0.25, 0.3) is 0 Å². The normalized spacial score (nSPS) is 22.1. The summed E-state index contributed by atoms with van der Waals surface area (Å²) in [6.45, 7) is 5.66. The molecule has 2 heterocycles. The van der Waals surface area contributed by atoms with Crippen LogP contribution < -0.4 is 4.74 Å². The van der Waals surface area contributed by atoms with Crippen molar-refractivity contribution in [2.45, 2.75) is 57.3 Å². The molecule has 0 saturated carbocycles. The van der Waals surface area contributed by atoms with Gasteiger partial charge < -0.3 is 14.7 Å². The van der Waals surface area contributed by atoms with E-state index in [1.54, 1.807) is 0 Å². The fourth-order valence-corrected chi connectivity index (χ4v) is 3.91. The van der Waals surface area contributed by atoms with Crippen molar-refractivity contribution in [3.63, 3.8) is 0 Å². The molecule has 2 aliphatic rings. The van der Waals surface area contributed by atoms with Crippen molar-refractivity contribution < 1.29 is 14.2 Å². The number of hydrogen-bond acceptors (Lipinski definition) is 4. The molecule has 0 aromatic heterocycles. The lowest BCUT2D eigenvalue weighted by molar-refractivity contribution is 0.0693. The predicted molar refractivity (Wildman–Crippen MR) is 102 cm³/mol. The minimum Gasteiger partial charge on any atom is -0.491 e. The molecule has 0 aliphatic carbocycles. The molecule has 5 heteroatoms. The molecule has 146 valence electrons. The van der Waals surface area contributed by atoms with Gasteiger partial charge >= 0.3 is 0 Å². The summed E-state index contributed by atoms with van der Waals surface area (Å²) in [5.41, 5.74) is 1.18. The average Bonchev–Trinajstić information content (AvgIpc) is 2.91. The Labute approximate surface area is 156 Å². The Morgan fingerprint density at radius 2 is 1.77 bits per heavy atom. The molecule has 0 bridgehead atoms. The zero-order valence-electron chi connectivity index (χ0n) is 15.8. The maximum absolute atomic E-state index is 13.3. The highest BCUT2D eigenvalue weighted by atomic mass is 19.1. The zero-order chi connectivity index (χ0) is 18.2. The maximum atomic E-state index is 13.3. The molecule has 4 nitrogen and oxygen atoms in total. The van der Waals surface area contributed by atoms with Crippen LogP contribution in [-0.4, -0.2) is 66.5 Å². The van der Waals surface area contributed by atoms with Crippen molar-refractivity contribution in [1.82, 2.24) is 9.80 Å². The van der Waals surface area contributed by atoms with Crippen molar-refractivity contribution in [2.75, 3.05) is 39.3 Å². The van der Waals surface area contributed by atoms with Gasteiger partial charge in [0.05, 0.1) is 0 Å². The lowest BCUT2D eigenvalue weighted by Crippen LogP contribution is -2.36. The second-order valence-electron chi connectivity index (χ2n) is 7.78. The molecule has 26 heavy (non-hydrogen) atoms. The van der Waals surface area contributed by atoms with Crippen molar-refractivity contribution in [2.24, 2.45) is 0 Å². The number of alkyl halides is 1. The molecule has 0 spiro atoms. The number of ether oxygens (including phenoxy) is 1. The van der Waals surface area contributed by atoms with Crippen LogP contribution in [0.4, 0.5) is 4.39 Å². The van der Waals surface area contributed by atoms with E-state index in [1.165, 1.54) is 31.2 Å². The molecule has 1 aromatic rings. The summed E-state index contributed by atoms with van der Waals surface area (Å²) < 4.78 is 19.1.